The van der Waals surface area contributed by atoms with E-state index in [0.29, 0.717) is 0 Å². The summed E-state index contributed by atoms with van der Waals surface area (Å²) in [5, 5.41) is 2.56. The van der Waals surface area contributed by atoms with E-state index >= 15 is 0 Å². The zero-order valence-electron chi connectivity index (χ0n) is 14.7. The summed E-state index contributed by atoms with van der Waals surface area (Å²) in [4.78, 5) is 4.83. The number of hydrogen-bond acceptors (Lipinski definition) is 1. The van der Waals surface area contributed by atoms with Crippen LogP contribution in [0.15, 0.2) is 60.8 Å². The molecule has 2 aliphatic heterocycles. The first-order valence-corrected chi connectivity index (χ1v) is 9.85. The van der Waals surface area contributed by atoms with Crippen LogP contribution in [-0.2, 0) is 0 Å². The minimum absolute atomic E-state index is 0.736. The van der Waals surface area contributed by atoms with Gasteiger partial charge in [-0.3, -0.25) is 4.98 Å². The summed E-state index contributed by atoms with van der Waals surface area (Å²) in [6.45, 7) is 0.736. The van der Waals surface area contributed by atoms with Crippen molar-refractivity contribution in [3.8, 4) is 11.3 Å². The van der Waals surface area contributed by atoms with Crippen LogP contribution in [0.2, 0.25) is 11.6 Å². The van der Waals surface area contributed by atoms with E-state index in [9.17, 15) is 0 Å². The molecular weight excluding hydrogens is 301 g/mol. The highest BCUT2D eigenvalue weighted by Crippen LogP contribution is 2.46. The molecule has 3 heterocycles. The maximum absolute atomic E-state index is 4.83. The maximum atomic E-state index is 4.83. The van der Waals surface area contributed by atoms with Gasteiger partial charge >= 0.3 is 0 Å². The van der Waals surface area contributed by atoms with E-state index in [1.54, 1.807) is 5.46 Å². The number of nitrogens with zero attached hydrogens (tertiary/aromatic N) is 1. The summed E-state index contributed by atoms with van der Waals surface area (Å²) >= 11 is 0. The summed E-state index contributed by atoms with van der Waals surface area (Å²) in [7, 11) is 0. The van der Waals surface area contributed by atoms with E-state index in [2.05, 4.69) is 54.6 Å². The predicted octanol–water partition coefficient (Wildman–Crippen LogP) is 5.71. The summed E-state index contributed by atoms with van der Waals surface area (Å²) in [5.74, 6) is 1.76. The Kier molecular flexibility index (Phi) is 3.85. The third-order valence-corrected chi connectivity index (χ3v) is 6.56. The molecule has 5 rings (SSSR count). The fourth-order valence-electron chi connectivity index (χ4n) is 5.52. The van der Waals surface area contributed by atoms with E-state index in [1.807, 2.05) is 6.20 Å². The first-order chi connectivity index (χ1) is 12.4. The Bertz CT molecular complexity index is 876. The van der Waals surface area contributed by atoms with Gasteiger partial charge in [-0.1, -0.05) is 104 Å². The number of pyridine rings is 1. The topological polar surface area (TPSA) is 12.9 Å². The van der Waals surface area contributed by atoms with E-state index in [0.717, 1.165) is 24.0 Å². The van der Waals surface area contributed by atoms with Gasteiger partial charge < -0.3 is 0 Å². The Labute approximate surface area is 150 Å². The summed E-state index contributed by atoms with van der Waals surface area (Å²) in [5.41, 5.74) is 4.08. The standard InChI is InChI=1S/C23H24BN/c1-2-12-20-17(7-1)15-16-25-23(20)21-13-3-4-14-22(21)24-18-8-5-9-19(24)11-6-10-18/h1-4,7,12-16,18-19H,5-6,8-11H2. The lowest BCUT2D eigenvalue weighted by Gasteiger charge is -2.41. The molecule has 0 aliphatic carbocycles. The first-order valence-electron chi connectivity index (χ1n) is 9.85. The minimum atomic E-state index is 0.736. The van der Waals surface area contributed by atoms with Crippen molar-refractivity contribution in [3.63, 3.8) is 0 Å². The van der Waals surface area contributed by atoms with Crippen LogP contribution in [0.3, 0.4) is 0 Å². The van der Waals surface area contributed by atoms with Gasteiger partial charge in [0.25, 0.3) is 0 Å². The van der Waals surface area contributed by atoms with Crippen LogP contribution in [0.25, 0.3) is 22.0 Å². The van der Waals surface area contributed by atoms with Crippen LogP contribution >= 0.6 is 0 Å². The van der Waals surface area contributed by atoms with Crippen molar-refractivity contribution < 1.29 is 0 Å². The van der Waals surface area contributed by atoms with Crippen LogP contribution < -0.4 is 5.46 Å². The van der Waals surface area contributed by atoms with Crippen molar-refractivity contribution in [2.45, 2.75) is 50.2 Å². The second-order valence-corrected chi connectivity index (χ2v) is 7.88. The fraction of sp³-hybridized carbons (Fsp3) is 0.348. The molecule has 2 fully saturated rings. The van der Waals surface area contributed by atoms with Gasteiger partial charge in [0, 0.05) is 11.6 Å². The Morgan fingerprint density at radius 3 is 2.24 bits per heavy atom. The highest BCUT2D eigenvalue weighted by atomic mass is 14.7. The van der Waals surface area contributed by atoms with Crippen molar-refractivity contribution in [2.24, 2.45) is 0 Å². The number of rotatable bonds is 2. The van der Waals surface area contributed by atoms with Gasteiger partial charge in [-0.05, 0) is 17.0 Å². The van der Waals surface area contributed by atoms with Crippen molar-refractivity contribution >= 4 is 22.9 Å². The normalized spacial score (nSPS) is 23.0. The monoisotopic (exact) mass is 325 g/mol. The molecule has 2 aliphatic rings. The number of fused-ring (bicyclic) bond motifs is 3. The number of hydrogen-bond donors (Lipinski definition) is 0. The number of benzene rings is 2. The van der Waals surface area contributed by atoms with Gasteiger partial charge in [-0.25, -0.2) is 0 Å². The molecule has 124 valence electrons. The van der Waals surface area contributed by atoms with Crippen LogP contribution in [0.1, 0.15) is 38.5 Å². The third kappa shape index (κ3) is 2.59. The lowest BCUT2D eigenvalue weighted by Crippen LogP contribution is -2.45. The van der Waals surface area contributed by atoms with Crippen molar-refractivity contribution in [1.82, 2.24) is 4.98 Å². The third-order valence-electron chi connectivity index (χ3n) is 6.56. The fourth-order valence-corrected chi connectivity index (χ4v) is 5.52. The quantitative estimate of drug-likeness (QED) is 0.550. The van der Waals surface area contributed by atoms with Crippen LogP contribution in [-0.4, -0.2) is 11.7 Å². The predicted molar refractivity (Wildman–Crippen MR) is 108 cm³/mol. The van der Waals surface area contributed by atoms with E-state index in [1.165, 1.54) is 54.9 Å². The average Bonchev–Trinajstić information content (AvgIpc) is 2.67. The molecule has 2 bridgehead atoms. The second-order valence-electron chi connectivity index (χ2n) is 7.88. The van der Waals surface area contributed by atoms with Crippen LogP contribution in [0.5, 0.6) is 0 Å². The highest BCUT2D eigenvalue weighted by molar-refractivity contribution is 6.77. The smallest absolute Gasteiger partial charge is 0.183 e. The molecular formula is C23H24BN. The van der Waals surface area contributed by atoms with Crippen LogP contribution in [0.4, 0.5) is 0 Å². The molecule has 1 aromatic heterocycles. The zero-order valence-corrected chi connectivity index (χ0v) is 14.7. The minimum Gasteiger partial charge on any atom is -0.256 e. The molecule has 0 radical (unpaired) electrons. The molecule has 0 saturated carbocycles. The van der Waals surface area contributed by atoms with E-state index in [-0.39, 0.29) is 0 Å². The Balaban J connectivity index is 1.68. The Morgan fingerprint density at radius 2 is 1.44 bits per heavy atom. The van der Waals surface area contributed by atoms with E-state index < -0.39 is 0 Å². The molecule has 0 spiro atoms. The molecule has 2 heteroatoms. The van der Waals surface area contributed by atoms with Crippen molar-refractivity contribution in [2.75, 3.05) is 0 Å². The lowest BCUT2D eigenvalue weighted by atomic mass is 9.24. The molecule has 2 aromatic carbocycles. The second kappa shape index (κ2) is 6.33. The Hall–Kier alpha value is -2.09. The molecule has 3 aromatic rings. The first kappa shape index (κ1) is 15.2. The van der Waals surface area contributed by atoms with Crippen LogP contribution in [0, 0.1) is 0 Å². The van der Waals surface area contributed by atoms with Gasteiger partial charge in [0.05, 0.1) is 5.69 Å². The van der Waals surface area contributed by atoms with Gasteiger partial charge in [-0.15, -0.1) is 0 Å². The number of aromatic nitrogens is 1. The van der Waals surface area contributed by atoms with Gasteiger partial charge in [-0.2, -0.15) is 0 Å². The maximum Gasteiger partial charge on any atom is 0.183 e. The van der Waals surface area contributed by atoms with Gasteiger partial charge in [0.2, 0.25) is 0 Å². The van der Waals surface area contributed by atoms with Crippen molar-refractivity contribution in [3.05, 3.63) is 60.8 Å². The molecule has 2 saturated heterocycles. The zero-order chi connectivity index (χ0) is 16.6. The molecule has 25 heavy (non-hydrogen) atoms. The van der Waals surface area contributed by atoms with E-state index in [4.69, 9.17) is 4.98 Å². The molecule has 0 N–H and O–H groups in total. The largest absolute Gasteiger partial charge is 0.256 e. The SMILES string of the molecule is c1ccc(-c2nccc3ccccc23)c(B2C3CCCC2CCC3)c1. The Morgan fingerprint density at radius 1 is 0.760 bits per heavy atom. The molecule has 0 unspecified atom stereocenters. The molecule has 0 amide bonds. The average molecular weight is 325 g/mol. The summed E-state index contributed by atoms with van der Waals surface area (Å²) in [6.07, 6.45) is 10.5. The summed E-state index contributed by atoms with van der Waals surface area (Å²) < 4.78 is 0. The van der Waals surface area contributed by atoms with Gasteiger partial charge in [0.1, 0.15) is 0 Å². The summed E-state index contributed by atoms with van der Waals surface area (Å²) in [6, 6.07) is 19.9. The highest BCUT2D eigenvalue weighted by Gasteiger charge is 2.41. The van der Waals surface area contributed by atoms with Gasteiger partial charge in [0.15, 0.2) is 6.71 Å². The lowest BCUT2D eigenvalue weighted by molar-refractivity contribution is 0.448. The van der Waals surface area contributed by atoms with Crippen molar-refractivity contribution in [1.29, 1.82) is 0 Å². The molecule has 0 atom stereocenters. The molecule has 1 nitrogen and oxygen atoms in total.